The fraction of sp³-hybridized carbons (Fsp3) is 0.217. The summed E-state index contributed by atoms with van der Waals surface area (Å²) in [6.45, 7) is 1.90. The summed E-state index contributed by atoms with van der Waals surface area (Å²) in [5.74, 6) is 0.301. The molecule has 4 rings (SSSR count). The molecule has 0 radical (unpaired) electrons. The Hall–Kier alpha value is -4.19. The molecule has 0 aliphatic heterocycles. The van der Waals surface area contributed by atoms with Crippen LogP contribution in [0.2, 0.25) is 0 Å². The van der Waals surface area contributed by atoms with Crippen molar-refractivity contribution >= 4 is 11.6 Å². The van der Waals surface area contributed by atoms with E-state index in [1.165, 1.54) is 12.1 Å². The van der Waals surface area contributed by atoms with E-state index in [1.54, 1.807) is 18.9 Å². The topological polar surface area (TPSA) is 107 Å². The number of ether oxygens (including phenoxy) is 1. The Morgan fingerprint density at radius 1 is 1.09 bits per heavy atom. The zero-order valence-corrected chi connectivity index (χ0v) is 18.7. The minimum absolute atomic E-state index is 0.0277. The van der Waals surface area contributed by atoms with Gasteiger partial charge in [-0.1, -0.05) is 35.5 Å². The highest BCUT2D eigenvalue weighted by Gasteiger charge is 2.31. The van der Waals surface area contributed by atoms with Crippen molar-refractivity contribution in [1.82, 2.24) is 20.3 Å². The predicted molar refractivity (Wildman–Crippen MR) is 118 cm³/mol. The van der Waals surface area contributed by atoms with Gasteiger partial charge in [-0.2, -0.15) is 0 Å². The molecule has 12 heteroatoms. The average Bonchev–Trinajstić information content (AvgIpc) is 3.40. The van der Waals surface area contributed by atoms with E-state index in [-0.39, 0.29) is 36.5 Å². The lowest BCUT2D eigenvalue weighted by Gasteiger charge is -2.14. The number of anilines is 1. The number of halogens is 3. The zero-order chi connectivity index (χ0) is 25.0. The molecule has 0 bridgehead atoms. The zero-order valence-electron chi connectivity index (χ0n) is 18.7. The fourth-order valence-electron chi connectivity index (χ4n) is 3.31. The highest BCUT2D eigenvalue weighted by atomic mass is 19.4. The second-order valence-corrected chi connectivity index (χ2v) is 7.62. The van der Waals surface area contributed by atoms with Crippen LogP contribution in [-0.2, 0) is 11.3 Å². The Labute approximate surface area is 197 Å². The van der Waals surface area contributed by atoms with Gasteiger partial charge in [-0.25, -0.2) is 0 Å². The molecule has 2 aromatic heterocycles. The van der Waals surface area contributed by atoms with Crippen molar-refractivity contribution in [3.63, 3.8) is 0 Å². The summed E-state index contributed by atoms with van der Waals surface area (Å²) in [6, 6.07) is 14.3. The van der Waals surface area contributed by atoms with Gasteiger partial charge in [0.25, 0.3) is 5.89 Å². The van der Waals surface area contributed by atoms with Gasteiger partial charge < -0.3 is 19.0 Å². The number of aromatic nitrogens is 3. The SMILES string of the molecule is Cc1onc(-c2ccccc2)c1-c1nnc(CN(C)CC(=O)Nc2ccc(OC(F)(F)F)cc2)o1. The molecule has 2 heterocycles. The molecular weight excluding hydrogens is 467 g/mol. The van der Waals surface area contributed by atoms with E-state index < -0.39 is 6.36 Å². The Bertz CT molecular complexity index is 1290. The minimum Gasteiger partial charge on any atom is -0.419 e. The molecule has 0 atom stereocenters. The largest absolute Gasteiger partial charge is 0.573 e. The van der Waals surface area contributed by atoms with E-state index >= 15 is 0 Å². The van der Waals surface area contributed by atoms with Crippen molar-refractivity contribution in [1.29, 1.82) is 0 Å². The highest BCUT2D eigenvalue weighted by molar-refractivity contribution is 5.92. The van der Waals surface area contributed by atoms with Gasteiger partial charge >= 0.3 is 6.36 Å². The summed E-state index contributed by atoms with van der Waals surface area (Å²) in [5.41, 5.74) is 2.34. The maximum absolute atomic E-state index is 12.3. The second kappa shape index (κ2) is 9.97. The van der Waals surface area contributed by atoms with Gasteiger partial charge in [-0.15, -0.1) is 23.4 Å². The van der Waals surface area contributed by atoms with Crippen molar-refractivity contribution in [2.75, 3.05) is 18.9 Å². The Morgan fingerprint density at radius 2 is 1.80 bits per heavy atom. The van der Waals surface area contributed by atoms with Gasteiger partial charge in [0.05, 0.1) is 13.1 Å². The van der Waals surface area contributed by atoms with Crippen molar-refractivity contribution in [2.24, 2.45) is 0 Å². The number of aryl methyl sites for hydroxylation is 1. The third kappa shape index (κ3) is 6.23. The second-order valence-electron chi connectivity index (χ2n) is 7.62. The molecule has 9 nitrogen and oxygen atoms in total. The third-order valence-electron chi connectivity index (χ3n) is 4.78. The van der Waals surface area contributed by atoms with E-state index in [0.29, 0.717) is 22.7 Å². The van der Waals surface area contributed by atoms with Crippen molar-refractivity contribution in [3.05, 3.63) is 66.2 Å². The lowest BCUT2D eigenvalue weighted by Crippen LogP contribution is -2.29. The molecule has 0 saturated carbocycles. The molecule has 182 valence electrons. The van der Waals surface area contributed by atoms with E-state index in [4.69, 9.17) is 8.94 Å². The molecular formula is C23H20F3N5O4. The van der Waals surface area contributed by atoms with Gasteiger partial charge in [-0.3, -0.25) is 9.69 Å². The Balaban J connectivity index is 1.36. The normalized spacial score (nSPS) is 11.6. The number of nitrogens with zero attached hydrogens (tertiary/aromatic N) is 4. The molecule has 0 aliphatic carbocycles. The number of hydrogen-bond donors (Lipinski definition) is 1. The van der Waals surface area contributed by atoms with Crippen molar-refractivity contribution < 1.29 is 31.6 Å². The van der Waals surface area contributed by atoms with Gasteiger partial charge in [0.2, 0.25) is 11.8 Å². The van der Waals surface area contributed by atoms with Crippen LogP contribution in [0, 0.1) is 6.92 Å². The summed E-state index contributed by atoms with van der Waals surface area (Å²) >= 11 is 0. The van der Waals surface area contributed by atoms with Crippen LogP contribution in [0.25, 0.3) is 22.7 Å². The minimum atomic E-state index is -4.78. The number of nitrogens with one attached hydrogen (secondary N) is 1. The molecule has 0 aliphatic rings. The van der Waals surface area contributed by atoms with Crippen molar-refractivity contribution in [2.45, 2.75) is 19.8 Å². The van der Waals surface area contributed by atoms with E-state index in [2.05, 4.69) is 25.4 Å². The smallest absolute Gasteiger partial charge is 0.419 e. The van der Waals surface area contributed by atoms with E-state index in [0.717, 1.165) is 17.7 Å². The Morgan fingerprint density at radius 3 is 2.49 bits per heavy atom. The highest BCUT2D eigenvalue weighted by Crippen LogP contribution is 2.33. The summed E-state index contributed by atoms with van der Waals surface area (Å²) in [7, 11) is 1.68. The van der Waals surface area contributed by atoms with Crippen molar-refractivity contribution in [3.8, 4) is 28.5 Å². The molecule has 1 N–H and O–H groups in total. The van der Waals surface area contributed by atoms with Crippen LogP contribution in [0.5, 0.6) is 5.75 Å². The average molecular weight is 487 g/mol. The molecule has 0 unspecified atom stereocenters. The van der Waals surface area contributed by atoms with Crippen LogP contribution in [-0.4, -0.2) is 46.1 Å². The number of carbonyl (C=O) groups is 1. The number of carbonyl (C=O) groups excluding carboxylic acids is 1. The van der Waals surface area contributed by atoms with Crippen LogP contribution in [0.1, 0.15) is 11.7 Å². The predicted octanol–water partition coefficient (Wildman–Crippen LogP) is 4.67. The Kier molecular flexibility index (Phi) is 6.82. The van der Waals surface area contributed by atoms with Crippen LogP contribution in [0.15, 0.2) is 63.5 Å². The molecule has 1 amide bonds. The van der Waals surface area contributed by atoms with Gasteiger partial charge in [0, 0.05) is 11.3 Å². The van der Waals surface area contributed by atoms with Crippen LogP contribution < -0.4 is 10.1 Å². The van der Waals surface area contributed by atoms with Gasteiger partial charge in [0.1, 0.15) is 22.8 Å². The lowest BCUT2D eigenvalue weighted by molar-refractivity contribution is -0.274. The lowest BCUT2D eigenvalue weighted by atomic mass is 10.1. The first-order chi connectivity index (χ1) is 16.7. The van der Waals surface area contributed by atoms with Gasteiger partial charge in [0.15, 0.2) is 0 Å². The molecule has 35 heavy (non-hydrogen) atoms. The van der Waals surface area contributed by atoms with Crippen LogP contribution >= 0.6 is 0 Å². The quantitative estimate of drug-likeness (QED) is 0.382. The molecule has 0 spiro atoms. The van der Waals surface area contributed by atoms with E-state index in [9.17, 15) is 18.0 Å². The number of amides is 1. The number of alkyl halides is 3. The van der Waals surface area contributed by atoms with Crippen LogP contribution in [0.4, 0.5) is 18.9 Å². The molecule has 2 aromatic carbocycles. The van der Waals surface area contributed by atoms with E-state index in [1.807, 2.05) is 30.3 Å². The standard InChI is InChI=1S/C23H20F3N5O4/c1-14-20(21(30-35-14)15-6-4-3-5-7-15)22-29-28-19(33-22)13-31(2)12-18(32)27-16-8-10-17(11-9-16)34-23(24,25)26/h3-11H,12-13H2,1-2H3,(H,27,32). The first-order valence-electron chi connectivity index (χ1n) is 10.4. The maximum atomic E-state index is 12.3. The number of likely N-dealkylation sites (N-methyl/N-ethyl adjacent to an activating group) is 1. The maximum Gasteiger partial charge on any atom is 0.573 e. The first kappa shape index (κ1) is 24.0. The fourth-order valence-corrected chi connectivity index (χ4v) is 3.31. The number of hydrogen-bond acceptors (Lipinski definition) is 8. The summed E-state index contributed by atoms with van der Waals surface area (Å²) < 4.78 is 51.7. The summed E-state index contributed by atoms with van der Waals surface area (Å²) in [6.07, 6.45) is -4.78. The molecule has 0 fully saturated rings. The van der Waals surface area contributed by atoms with Crippen LogP contribution in [0.3, 0.4) is 0 Å². The monoisotopic (exact) mass is 487 g/mol. The number of benzene rings is 2. The summed E-state index contributed by atoms with van der Waals surface area (Å²) in [4.78, 5) is 14.0. The molecule has 4 aromatic rings. The first-order valence-corrected chi connectivity index (χ1v) is 10.4. The van der Waals surface area contributed by atoms with Gasteiger partial charge in [-0.05, 0) is 38.2 Å². The molecule has 0 saturated heterocycles. The number of rotatable bonds is 8. The third-order valence-corrected chi connectivity index (χ3v) is 4.78. The summed E-state index contributed by atoms with van der Waals surface area (Å²) in [5, 5.41) is 14.9.